The summed E-state index contributed by atoms with van der Waals surface area (Å²) < 4.78 is 0. The number of halogens is 5. The number of rotatable bonds is 16. The van der Waals surface area contributed by atoms with E-state index >= 15 is 0 Å². The van der Waals surface area contributed by atoms with E-state index < -0.39 is 0 Å². The monoisotopic (exact) mass is 630 g/mol. The number of nitrogens with one attached hydrogen (secondary N) is 2. The molecule has 0 aliphatic carbocycles. The van der Waals surface area contributed by atoms with Gasteiger partial charge in [-0.15, -0.1) is 58.8 Å². The Bertz CT molecular complexity index is 1050. The summed E-state index contributed by atoms with van der Waals surface area (Å²) in [7, 11) is 0. The topological polar surface area (TPSA) is 81.0 Å². The first-order valence-corrected chi connectivity index (χ1v) is 14.2. The number of anilines is 4. The van der Waals surface area contributed by atoms with Crippen molar-refractivity contribution in [1.82, 2.24) is 9.97 Å². The third-order valence-corrected chi connectivity index (χ3v) is 6.04. The maximum atomic E-state index is 5.89. The Morgan fingerprint density at radius 1 is 0.641 bits per heavy atom. The van der Waals surface area contributed by atoms with Crippen LogP contribution in [0.1, 0.15) is 11.1 Å². The average molecular weight is 633 g/mol. The summed E-state index contributed by atoms with van der Waals surface area (Å²) >= 11 is 23.6. The number of hydrogen-bond acceptors (Lipinski definition) is 8. The van der Waals surface area contributed by atoms with E-state index in [-0.39, 0.29) is 12.4 Å². The standard InChI is InChI=1S/C26H30Cl4N8.ClH/c27-10-15-37(16-11-28)23-5-1-21(2-6-23)19-32-35-25-9-14-31-26(34-25)36-33-20-22-3-7-24(8-4-22)38(17-12-29)18-13-30;/h1-9,14,19-20H,10-13,15-18H2,(H2,31,34,35,36);1H/b32-19+,33-20+;. The lowest BCUT2D eigenvalue weighted by molar-refractivity contribution is 0.874. The second kappa shape index (κ2) is 18.7. The summed E-state index contributed by atoms with van der Waals surface area (Å²) in [5.41, 5.74) is 9.76. The zero-order valence-corrected chi connectivity index (χ0v) is 25.0. The molecule has 0 bridgehead atoms. The molecule has 0 unspecified atom stereocenters. The van der Waals surface area contributed by atoms with Crippen molar-refractivity contribution < 1.29 is 0 Å². The van der Waals surface area contributed by atoms with Gasteiger partial charge in [-0.25, -0.2) is 10.4 Å². The zero-order valence-electron chi connectivity index (χ0n) is 21.2. The second-order valence-corrected chi connectivity index (χ2v) is 9.43. The predicted molar refractivity (Wildman–Crippen MR) is 172 cm³/mol. The summed E-state index contributed by atoms with van der Waals surface area (Å²) in [5, 5.41) is 8.50. The van der Waals surface area contributed by atoms with Gasteiger partial charge in [-0.2, -0.15) is 15.2 Å². The van der Waals surface area contributed by atoms with Crippen LogP contribution in [-0.4, -0.2) is 72.1 Å². The maximum absolute atomic E-state index is 5.89. The van der Waals surface area contributed by atoms with E-state index in [1.54, 1.807) is 24.7 Å². The first-order chi connectivity index (χ1) is 18.7. The quantitative estimate of drug-likeness (QED) is 0.109. The van der Waals surface area contributed by atoms with Gasteiger partial charge in [0.25, 0.3) is 0 Å². The van der Waals surface area contributed by atoms with Crippen LogP contribution in [-0.2, 0) is 0 Å². The molecule has 13 heteroatoms. The van der Waals surface area contributed by atoms with E-state index in [9.17, 15) is 0 Å². The Morgan fingerprint density at radius 2 is 1.08 bits per heavy atom. The van der Waals surface area contributed by atoms with Crippen LogP contribution in [0.5, 0.6) is 0 Å². The van der Waals surface area contributed by atoms with Gasteiger partial charge in [-0.05, 0) is 35.4 Å². The lowest BCUT2D eigenvalue weighted by Crippen LogP contribution is -2.27. The molecule has 0 saturated carbocycles. The molecule has 210 valence electrons. The molecule has 0 saturated heterocycles. The van der Waals surface area contributed by atoms with Crippen molar-refractivity contribution in [2.75, 3.05) is 70.4 Å². The molecule has 0 aliphatic rings. The number of aromatic nitrogens is 2. The Balaban J connectivity index is 0.00000533. The predicted octanol–water partition coefficient (Wildman–Crippen LogP) is 6.36. The molecule has 3 rings (SSSR count). The van der Waals surface area contributed by atoms with Crippen LogP contribution in [0.3, 0.4) is 0 Å². The third-order valence-electron chi connectivity index (χ3n) is 5.36. The fourth-order valence-electron chi connectivity index (χ4n) is 3.50. The minimum atomic E-state index is 0. The third kappa shape index (κ3) is 11.3. The fourth-order valence-corrected chi connectivity index (χ4v) is 4.32. The highest BCUT2D eigenvalue weighted by Gasteiger charge is 2.06. The molecule has 1 aromatic heterocycles. The van der Waals surface area contributed by atoms with Crippen molar-refractivity contribution in [3.8, 4) is 0 Å². The summed E-state index contributed by atoms with van der Waals surface area (Å²) in [6, 6.07) is 17.7. The van der Waals surface area contributed by atoms with Gasteiger partial charge in [0, 0.05) is 73.3 Å². The maximum Gasteiger partial charge on any atom is 0.245 e. The van der Waals surface area contributed by atoms with E-state index in [2.05, 4.69) is 40.8 Å². The highest BCUT2D eigenvalue weighted by atomic mass is 35.5. The molecule has 8 nitrogen and oxygen atoms in total. The van der Waals surface area contributed by atoms with Gasteiger partial charge >= 0.3 is 0 Å². The van der Waals surface area contributed by atoms with E-state index in [1.165, 1.54) is 0 Å². The second-order valence-electron chi connectivity index (χ2n) is 7.92. The summed E-state index contributed by atoms with van der Waals surface area (Å²) in [5.74, 6) is 3.05. The first kappa shape index (κ1) is 32.7. The SMILES string of the molecule is Cl.ClCCN(CCCl)c1ccc(/C=N/Nc2ccnc(N/N=C/c3ccc(N(CCCl)CCCl)cc3)n2)cc1. The van der Waals surface area contributed by atoms with Crippen molar-refractivity contribution in [2.24, 2.45) is 10.2 Å². The molecule has 0 radical (unpaired) electrons. The lowest BCUT2D eigenvalue weighted by Gasteiger charge is -2.22. The number of nitrogens with zero attached hydrogens (tertiary/aromatic N) is 6. The number of benzene rings is 2. The summed E-state index contributed by atoms with van der Waals surface area (Å²) in [6.45, 7) is 2.97. The van der Waals surface area contributed by atoms with E-state index in [0.717, 1.165) is 48.7 Å². The van der Waals surface area contributed by atoms with Gasteiger partial charge in [0.2, 0.25) is 5.95 Å². The lowest BCUT2D eigenvalue weighted by atomic mass is 10.2. The van der Waals surface area contributed by atoms with E-state index in [0.29, 0.717) is 35.3 Å². The number of alkyl halides is 4. The smallest absolute Gasteiger partial charge is 0.245 e. The van der Waals surface area contributed by atoms with Gasteiger partial charge in [-0.3, -0.25) is 5.43 Å². The Kier molecular flexibility index (Phi) is 15.7. The first-order valence-electron chi connectivity index (χ1n) is 12.0. The van der Waals surface area contributed by atoms with Gasteiger partial charge in [0.05, 0.1) is 12.4 Å². The Morgan fingerprint density at radius 3 is 1.51 bits per heavy atom. The highest BCUT2D eigenvalue weighted by Crippen LogP contribution is 2.16. The summed E-state index contributed by atoms with van der Waals surface area (Å²) in [6.07, 6.45) is 5.04. The normalized spacial score (nSPS) is 11.0. The van der Waals surface area contributed by atoms with Gasteiger partial charge < -0.3 is 9.80 Å². The van der Waals surface area contributed by atoms with Crippen molar-refractivity contribution in [3.05, 3.63) is 71.9 Å². The van der Waals surface area contributed by atoms with Crippen LogP contribution in [0.15, 0.2) is 71.0 Å². The molecule has 3 aromatic rings. The Labute approximate surface area is 255 Å². The van der Waals surface area contributed by atoms with Crippen LogP contribution in [0, 0.1) is 0 Å². The molecule has 0 amide bonds. The minimum Gasteiger partial charge on any atom is -0.369 e. The molecule has 0 spiro atoms. The average Bonchev–Trinajstić information content (AvgIpc) is 2.94. The molecule has 2 aromatic carbocycles. The molecule has 39 heavy (non-hydrogen) atoms. The molecule has 0 aliphatic heterocycles. The van der Waals surface area contributed by atoms with Crippen LogP contribution >= 0.6 is 58.8 Å². The zero-order chi connectivity index (χ0) is 27.0. The molecule has 0 fully saturated rings. The molecule has 1 heterocycles. The largest absolute Gasteiger partial charge is 0.369 e. The minimum absolute atomic E-state index is 0. The van der Waals surface area contributed by atoms with E-state index in [1.807, 2.05) is 48.5 Å². The van der Waals surface area contributed by atoms with Gasteiger partial charge in [-0.1, -0.05) is 24.3 Å². The molecule has 2 N–H and O–H groups in total. The Hall–Kier alpha value is -2.49. The summed E-state index contributed by atoms with van der Waals surface area (Å²) in [4.78, 5) is 12.8. The van der Waals surface area contributed by atoms with Gasteiger partial charge in [0.15, 0.2) is 5.82 Å². The van der Waals surface area contributed by atoms with Gasteiger partial charge in [0.1, 0.15) is 0 Å². The molecular formula is C26H31Cl5N8. The van der Waals surface area contributed by atoms with Crippen molar-refractivity contribution >= 4 is 94.4 Å². The molecular weight excluding hydrogens is 602 g/mol. The number of hydrazone groups is 2. The number of hydrogen-bond donors (Lipinski definition) is 2. The van der Waals surface area contributed by atoms with Crippen molar-refractivity contribution in [2.45, 2.75) is 0 Å². The molecule has 0 atom stereocenters. The van der Waals surface area contributed by atoms with Crippen molar-refractivity contribution in [1.29, 1.82) is 0 Å². The fraction of sp³-hybridized carbons (Fsp3) is 0.308. The van der Waals surface area contributed by atoms with E-state index in [4.69, 9.17) is 46.4 Å². The van der Waals surface area contributed by atoms with Crippen molar-refractivity contribution in [3.63, 3.8) is 0 Å². The highest BCUT2D eigenvalue weighted by molar-refractivity contribution is 6.19. The van der Waals surface area contributed by atoms with Crippen LogP contribution in [0.25, 0.3) is 0 Å². The van der Waals surface area contributed by atoms with Crippen LogP contribution in [0.4, 0.5) is 23.1 Å². The van der Waals surface area contributed by atoms with Crippen LogP contribution in [0.2, 0.25) is 0 Å². The van der Waals surface area contributed by atoms with Crippen LogP contribution < -0.4 is 20.7 Å².